The zero-order valence-electron chi connectivity index (χ0n) is 14.3. The lowest BCUT2D eigenvalue weighted by Gasteiger charge is -2.16. The van der Waals surface area contributed by atoms with Crippen molar-refractivity contribution in [1.29, 1.82) is 0 Å². The number of hydrogen-bond acceptors (Lipinski definition) is 3. The first-order valence-corrected chi connectivity index (χ1v) is 8.45. The Morgan fingerprint density at radius 1 is 0.960 bits per heavy atom. The van der Waals surface area contributed by atoms with E-state index in [-0.39, 0.29) is 11.7 Å². The molecule has 0 spiro atoms. The smallest absolute Gasteiger partial charge is 0.163 e. The fourth-order valence-corrected chi connectivity index (χ4v) is 3.30. The van der Waals surface area contributed by atoms with Crippen molar-refractivity contribution in [3.05, 3.63) is 82.5 Å². The fourth-order valence-electron chi connectivity index (χ4n) is 3.30. The molecule has 0 fully saturated rings. The summed E-state index contributed by atoms with van der Waals surface area (Å²) in [7, 11) is 0. The Morgan fingerprint density at radius 2 is 1.68 bits per heavy atom. The van der Waals surface area contributed by atoms with E-state index < -0.39 is 0 Å². The van der Waals surface area contributed by atoms with Gasteiger partial charge in [0.15, 0.2) is 5.76 Å². The lowest BCUT2D eigenvalue weighted by atomic mass is 9.88. The van der Waals surface area contributed by atoms with Gasteiger partial charge in [0, 0.05) is 12.1 Å². The van der Waals surface area contributed by atoms with Gasteiger partial charge in [0.1, 0.15) is 17.2 Å². The highest BCUT2D eigenvalue weighted by Crippen LogP contribution is 2.36. The standard InChI is InChI=1S/C21H19FN2O/c1-13-3-5-16(6-4-13)19-11-17(15-7-9-18(22)10-8-15)12-20-21(23-19)14(2)24-25-20/h3-10,17H,11-12H2,1-2H3. The molecule has 3 nitrogen and oxygen atoms in total. The fraction of sp³-hybridized carbons (Fsp3) is 0.238. The summed E-state index contributed by atoms with van der Waals surface area (Å²) < 4.78 is 18.8. The molecule has 0 saturated heterocycles. The molecule has 0 saturated carbocycles. The van der Waals surface area contributed by atoms with Gasteiger partial charge in [0.2, 0.25) is 0 Å². The van der Waals surface area contributed by atoms with Crippen LogP contribution in [-0.4, -0.2) is 10.9 Å². The number of benzene rings is 2. The summed E-state index contributed by atoms with van der Waals surface area (Å²) in [6, 6.07) is 15.1. The van der Waals surface area contributed by atoms with Gasteiger partial charge in [-0.05, 0) is 49.4 Å². The van der Waals surface area contributed by atoms with Gasteiger partial charge in [-0.2, -0.15) is 0 Å². The van der Waals surface area contributed by atoms with Gasteiger partial charge < -0.3 is 4.52 Å². The first-order valence-electron chi connectivity index (χ1n) is 8.45. The quantitative estimate of drug-likeness (QED) is 0.639. The van der Waals surface area contributed by atoms with Gasteiger partial charge in [-0.3, -0.25) is 0 Å². The Bertz CT molecular complexity index is 924. The molecule has 2 heterocycles. The molecule has 1 aliphatic rings. The minimum absolute atomic E-state index is 0.175. The van der Waals surface area contributed by atoms with Crippen LogP contribution in [0.25, 0.3) is 0 Å². The lowest BCUT2D eigenvalue weighted by Crippen LogP contribution is -2.09. The Labute approximate surface area is 146 Å². The Balaban J connectivity index is 1.79. The van der Waals surface area contributed by atoms with Crippen LogP contribution in [0.5, 0.6) is 0 Å². The van der Waals surface area contributed by atoms with E-state index in [1.807, 2.05) is 19.1 Å². The van der Waals surface area contributed by atoms with Crippen molar-refractivity contribution in [3.8, 4) is 0 Å². The zero-order chi connectivity index (χ0) is 17.4. The summed E-state index contributed by atoms with van der Waals surface area (Å²) in [4.78, 5) is 4.88. The first-order chi connectivity index (χ1) is 12.1. The van der Waals surface area contributed by atoms with Crippen molar-refractivity contribution < 1.29 is 8.91 Å². The number of nitrogens with zero attached hydrogens (tertiary/aromatic N) is 2. The van der Waals surface area contributed by atoms with Crippen molar-refractivity contribution in [2.45, 2.75) is 32.6 Å². The molecule has 0 bridgehead atoms. The topological polar surface area (TPSA) is 38.4 Å². The summed E-state index contributed by atoms with van der Waals surface area (Å²) in [6.45, 7) is 3.99. The largest absolute Gasteiger partial charge is 0.359 e. The molecule has 126 valence electrons. The number of aromatic nitrogens is 1. The summed E-state index contributed by atoms with van der Waals surface area (Å²) in [5.74, 6) is 0.754. The van der Waals surface area contributed by atoms with Gasteiger partial charge in [-0.1, -0.05) is 47.1 Å². The Hall–Kier alpha value is -2.75. The molecule has 2 aromatic carbocycles. The zero-order valence-corrected chi connectivity index (χ0v) is 14.3. The maximum absolute atomic E-state index is 13.3. The van der Waals surface area contributed by atoms with Crippen molar-refractivity contribution in [2.24, 2.45) is 4.99 Å². The van der Waals surface area contributed by atoms with Crippen molar-refractivity contribution >= 4 is 11.4 Å². The normalized spacial score (nSPS) is 16.9. The third-order valence-electron chi connectivity index (χ3n) is 4.74. The second-order valence-electron chi connectivity index (χ2n) is 6.62. The number of rotatable bonds is 2. The highest BCUT2D eigenvalue weighted by atomic mass is 19.1. The maximum atomic E-state index is 13.3. The van der Waals surface area contributed by atoms with E-state index >= 15 is 0 Å². The number of halogens is 1. The number of aliphatic imine (C=N–C) groups is 1. The van der Waals surface area contributed by atoms with Crippen LogP contribution in [0.4, 0.5) is 10.1 Å². The third-order valence-corrected chi connectivity index (χ3v) is 4.74. The van der Waals surface area contributed by atoms with E-state index in [2.05, 4.69) is 36.3 Å². The monoisotopic (exact) mass is 334 g/mol. The number of fused-ring (bicyclic) bond motifs is 1. The molecule has 0 amide bonds. The van der Waals surface area contributed by atoms with Crippen LogP contribution in [0.15, 0.2) is 58.0 Å². The average molecular weight is 334 g/mol. The molecule has 1 atom stereocenters. The average Bonchev–Trinajstić information content (AvgIpc) is 2.84. The molecule has 1 aromatic heterocycles. The van der Waals surface area contributed by atoms with Gasteiger partial charge in [0.05, 0.1) is 0 Å². The van der Waals surface area contributed by atoms with E-state index in [9.17, 15) is 4.39 Å². The van der Waals surface area contributed by atoms with Crippen molar-refractivity contribution in [3.63, 3.8) is 0 Å². The summed E-state index contributed by atoms with van der Waals surface area (Å²) in [6.07, 6.45) is 1.49. The summed E-state index contributed by atoms with van der Waals surface area (Å²) in [5.41, 5.74) is 6.06. The molecule has 4 rings (SSSR count). The predicted molar refractivity (Wildman–Crippen MR) is 96.1 cm³/mol. The highest BCUT2D eigenvalue weighted by Gasteiger charge is 2.26. The summed E-state index contributed by atoms with van der Waals surface area (Å²) in [5, 5.41) is 4.08. The van der Waals surface area contributed by atoms with Crippen LogP contribution in [0, 0.1) is 19.7 Å². The first kappa shape index (κ1) is 15.8. The van der Waals surface area contributed by atoms with Crippen molar-refractivity contribution in [2.75, 3.05) is 0 Å². The van der Waals surface area contributed by atoms with E-state index in [4.69, 9.17) is 9.52 Å². The second kappa shape index (κ2) is 6.28. The van der Waals surface area contributed by atoms with E-state index in [1.165, 1.54) is 17.7 Å². The molecule has 3 aromatic rings. The minimum atomic E-state index is -0.221. The van der Waals surface area contributed by atoms with Crippen LogP contribution < -0.4 is 0 Å². The third kappa shape index (κ3) is 3.12. The van der Waals surface area contributed by atoms with Crippen LogP contribution in [0.2, 0.25) is 0 Å². The van der Waals surface area contributed by atoms with Gasteiger partial charge in [0.25, 0.3) is 0 Å². The molecule has 1 unspecified atom stereocenters. The molecule has 25 heavy (non-hydrogen) atoms. The minimum Gasteiger partial charge on any atom is -0.359 e. The van der Waals surface area contributed by atoms with Gasteiger partial charge in [-0.15, -0.1) is 0 Å². The number of hydrogen-bond donors (Lipinski definition) is 0. The molecule has 4 heteroatoms. The molecular weight excluding hydrogens is 315 g/mol. The second-order valence-corrected chi connectivity index (χ2v) is 6.62. The lowest BCUT2D eigenvalue weighted by molar-refractivity contribution is 0.373. The summed E-state index contributed by atoms with van der Waals surface area (Å²) >= 11 is 0. The van der Waals surface area contributed by atoms with E-state index in [1.54, 1.807) is 0 Å². The van der Waals surface area contributed by atoms with Crippen LogP contribution in [0.3, 0.4) is 0 Å². The van der Waals surface area contributed by atoms with Crippen LogP contribution >= 0.6 is 0 Å². The molecule has 0 N–H and O–H groups in total. The predicted octanol–water partition coefficient (Wildman–Crippen LogP) is 5.28. The van der Waals surface area contributed by atoms with E-state index in [0.717, 1.165) is 40.4 Å². The van der Waals surface area contributed by atoms with Crippen molar-refractivity contribution in [1.82, 2.24) is 5.16 Å². The number of aryl methyl sites for hydroxylation is 2. The molecule has 0 aliphatic carbocycles. The molecular formula is C21H19FN2O. The molecule has 0 radical (unpaired) electrons. The molecule has 1 aliphatic heterocycles. The van der Waals surface area contributed by atoms with Gasteiger partial charge >= 0.3 is 0 Å². The Morgan fingerprint density at radius 3 is 2.40 bits per heavy atom. The van der Waals surface area contributed by atoms with Crippen LogP contribution in [0.1, 0.15) is 40.5 Å². The SMILES string of the molecule is Cc1ccc(C2=Nc3c(C)noc3CC(c3ccc(F)cc3)C2)cc1. The Kier molecular flexibility index (Phi) is 3.96. The maximum Gasteiger partial charge on any atom is 0.163 e. The highest BCUT2D eigenvalue weighted by molar-refractivity contribution is 6.03. The van der Waals surface area contributed by atoms with Crippen LogP contribution in [-0.2, 0) is 6.42 Å². The van der Waals surface area contributed by atoms with Gasteiger partial charge in [-0.25, -0.2) is 9.38 Å². The van der Waals surface area contributed by atoms with E-state index in [0.29, 0.717) is 6.42 Å².